The normalized spacial score (nSPS) is 17.5. The zero-order valence-electron chi connectivity index (χ0n) is 8.84. The Kier molecular flexibility index (Phi) is 3.35. The van der Waals surface area contributed by atoms with Crippen LogP contribution in [0.3, 0.4) is 0 Å². The van der Waals surface area contributed by atoms with Crippen molar-refractivity contribution in [3.8, 4) is 0 Å². The van der Waals surface area contributed by atoms with Gasteiger partial charge in [0.25, 0.3) is 0 Å². The van der Waals surface area contributed by atoms with Crippen molar-refractivity contribution < 1.29 is 0 Å². The number of hydrogen-bond acceptors (Lipinski definition) is 2. The van der Waals surface area contributed by atoms with E-state index in [2.05, 4.69) is 27.8 Å². The lowest BCUT2D eigenvalue weighted by atomic mass is 9.96. The lowest BCUT2D eigenvalue weighted by Gasteiger charge is -2.17. The largest absolute Gasteiger partial charge is 0.337 e. The van der Waals surface area contributed by atoms with E-state index >= 15 is 0 Å². The lowest BCUT2D eigenvalue weighted by molar-refractivity contribution is 0.571. The molecule has 0 fully saturated rings. The van der Waals surface area contributed by atoms with Crippen LogP contribution in [0.25, 0.3) is 0 Å². The summed E-state index contributed by atoms with van der Waals surface area (Å²) in [6, 6.07) is 0.192. The van der Waals surface area contributed by atoms with Gasteiger partial charge in [0, 0.05) is 25.0 Å². The standard InChI is InChI=1S/C12H17N3/c13-12(11-4-2-1-3-5-11)6-8-15-9-7-14-10-15/h1-2,4,7,9-10,12H,3,5-6,8,13H2. The summed E-state index contributed by atoms with van der Waals surface area (Å²) in [4.78, 5) is 4.01. The quantitative estimate of drug-likeness (QED) is 0.812. The Labute approximate surface area is 90.3 Å². The van der Waals surface area contributed by atoms with Crippen molar-refractivity contribution in [2.45, 2.75) is 31.8 Å². The minimum absolute atomic E-state index is 0.192. The molecule has 1 aliphatic carbocycles. The first-order valence-corrected chi connectivity index (χ1v) is 5.43. The molecular weight excluding hydrogens is 186 g/mol. The van der Waals surface area contributed by atoms with E-state index in [1.807, 2.05) is 12.5 Å². The van der Waals surface area contributed by atoms with Gasteiger partial charge in [-0.15, -0.1) is 0 Å². The first-order chi connectivity index (χ1) is 7.36. The second kappa shape index (κ2) is 4.94. The molecule has 0 radical (unpaired) electrons. The molecule has 1 aliphatic rings. The molecule has 3 heteroatoms. The van der Waals surface area contributed by atoms with Crippen LogP contribution in [0.5, 0.6) is 0 Å². The van der Waals surface area contributed by atoms with Crippen molar-refractivity contribution >= 4 is 0 Å². The number of nitrogens with zero attached hydrogens (tertiary/aromatic N) is 2. The van der Waals surface area contributed by atoms with Crippen LogP contribution in [0.1, 0.15) is 19.3 Å². The maximum atomic E-state index is 6.13. The van der Waals surface area contributed by atoms with Gasteiger partial charge in [0.1, 0.15) is 0 Å². The third kappa shape index (κ3) is 2.80. The molecule has 1 aromatic heterocycles. The van der Waals surface area contributed by atoms with Crippen molar-refractivity contribution in [3.05, 3.63) is 42.5 Å². The molecule has 1 atom stereocenters. The van der Waals surface area contributed by atoms with Gasteiger partial charge in [-0.2, -0.15) is 0 Å². The summed E-state index contributed by atoms with van der Waals surface area (Å²) < 4.78 is 2.07. The van der Waals surface area contributed by atoms with E-state index in [4.69, 9.17) is 5.73 Å². The van der Waals surface area contributed by atoms with E-state index in [1.165, 1.54) is 5.57 Å². The fraction of sp³-hybridized carbons (Fsp3) is 0.417. The highest BCUT2D eigenvalue weighted by molar-refractivity contribution is 5.21. The molecule has 80 valence electrons. The summed E-state index contributed by atoms with van der Waals surface area (Å²) in [7, 11) is 0. The monoisotopic (exact) mass is 203 g/mol. The fourth-order valence-corrected chi connectivity index (χ4v) is 1.82. The van der Waals surface area contributed by atoms with E-state index in [-0.39, 0.29) is 6.04 Å². The molecule has 0 bridgehead atoms. The van der Waals surface area contributed by atoms with Crippen molar-refractivity contribution in [3.63, 3.8) is 0 Å². The van der Waals surface area contributed by atoms with Gasteiger partial charge in [0.15, 0.2) is 0 Å². The van der Waals surface area contributed by atoms with Crippen molar-refractivity contribution in [2.24, 2.45) is 5.73 Å². The maximum absolute atomic E-state index is 6.13. The SMILES string of the molecule is NC(CCn1ccnc1)C1=CC=CCC1. The highest BCUT2D eigenvalue weighted by atomic mass is 15.0. The van der Waals surface area contributed by atoms with Crippen LogP contribution in [0, 0.1) is 0 Å². The Hall–Kier alpha value is -1.35. The molecule has 0 spiro atoms. The summed E-state index contributed by atoms with van der Waals surface area (Å²) >= 11 is 0. The molecule has 0 aromatic carbocycles. The number of nitrogens with two attached hydrogens (primary N) is 1. The number of imidazole rings is 1. The molecular formula is C12H17N3. The van der Waals surface area contributed by atoms with Gasteiger partial charge in [-0.3, -0.25) is 0 Å². The summed E-state index contributed by atoms with van der Waals surface area (Å²) in [6.45, 7) is 0.947. The molecule has 3 nitrogen and oxygen atoms in total. The van der Waals surface area contributed by atoms with Gasteiger partial charge in [-0.05, 0) is 19.3 Å². The van der Waals surface area contributed by atoms with Gasteiger partial charge in [-0.25, -0.2) is 4.98 Å². The molecule has 0 saturated heterocycles. The fourth-order valence-electron chi connectivity index (χ4n) is 1.82. The average Bonchev–Trinajstić information content (AvgIpc) is 2.80. The lowest BCUT2D eigenvalue weighted by Crippen LogP contribution is -2.24. The smallest absolute Gasteiger partial charge is 0.0945 e. The van der Waals surface area contributed by atoms with E-state index in [0.717, 1.165) is 25.8 Å². The van der Waals surface area contributed by atoms with Crippen LogP contribution < -0.4 is 5.73 Å². The van der Waals surface area contributed by atoms with Crippen LogP contribution in [0.15, 0.2) is 42.5 Å². The predicted molar refractivity (Wildman–Crippen MR) is 61.3 cm³/mol. The maximum Gasteiger partial charge on any atom is 0.0945 e. The number of hydrogen-bond donors (Lipinski definition) is 1. The van der Waals surface area contributed by atoms with Crippen LogP contribution in [-0.2, 0) is 6.54 Å². The Balaban J connectivity index is 1.84. The third-order valence-corrected chi connectivity index (χ3v) is 2.78. The Morgan fingerprint density at radius 3 is 3.13 bits per heavy atom. The molecule has 2 N–H and O–H groups in total. The zero-order chi connectivity index (χ0) is 10.5. The highest BCUT2D eigenvalue weighted by Gasteiger charge is 2.09. The van der Waals surface area contributed by atoms with Crippen molar-refractivity contribution in [1.82, 2.24) is 9.55 Å². The van der Waals surface area contributed by atoms with Gasteiger partial charge in [0.2, 0.25) is 0 Å². The summed E-state index contributed by atoms with van der Waals surface area (Å²) in [5.74, 6) is 0. The van der Waals surface area contributed by atoms with Gasteiger partial charge in [0.05, 0.1) is 6.33 Å². The van der Waals surface area contributed by atoms with Gasteiger partial charge < -0.3 is 10.3 Å². The minimum atomic E-state index is 0.192. The Morgan fingerprint density at radius 1 is 1.53 bits per heavy atom. The summed E-state index contributed by atoms with van der Waals surface area (Å²) in [6.07, 6.45) is 15.3. The molecule has 0 aliphatic heterocycles. The predicted octanol–water partition coefficient (Wildman–Crippen LogP) is 1.88. The Morgan fingerprint density at radius 2 is 2.47 bits per heavy atom. The molecule has 0 saturated carbocycles. The van der Waals surface area contributed by atoms with E-state index in [0.29, 0.717) is 0 Å². The first kappa shape index (κ1) is 10.2. The second-order valence-electron chi connectivity index (χ2n) is 3.90. The number of rotatable bonds is 4. The van der Waals surface area contributed by atoms with Gasteiger partial charge >= 0.3 is 0 Å². The molecule has 1 unspecified atom stereocenters. The number of aryl methyl sites for hydroxylation is 1. The number of aromatic nitrogens is 2. The van der Waals surface area contributed by atoms with E-state index < -0.39 is 0 Å². The highest BCUT2D eigenvalue weighted by Crippen LogP contribution is 2.16. The molecule has 1 heterocycles. The minimum Gasteiger partial charge on any atom is -0.337 e. The van der Waals surface area contributed by atoms with Crippen LogP contribution in [0.2, 0.25) is 0 Å². The third-order valence-electron chi connectivity index (χ3n) is 2.78. The zero-order valence-corrected chi connectivity index (χ0v) is 8.84. The first-order valence-electron chi connectivity index (χ1n) is 5.43. The second-order valence-corrected chi connectivity index (χ2v) is 3.90. The Bertz CT molecular complexity index is 349. The van der Waals surface area contributed by atoms with Crippen LogP contribution in [0.4, 0.5) is 0 Å². The van der Waals surface area contributed by atoms with Crippen LogP contribution >= 0.6 is 0 Å². The van der Waals surface area contributed by atoms with Crippen LogP contribution in [-0.4, -0.2) is 15.6 Å². The molecule has 1 aromatic rings. The molecule has 15 heavy (non-hydrogen) atoms. The number of allylic oxidation sites excluding steroid dienone is 3. The average molecular weight is 203 g/mol. The van der Waals surface area contributed by atoms with E-state index in [1.54, 1.807) is 6.20 Å². The van der Waals surface area contributed by atoms with E-state index in [9.17, 15) is 0 Å². The summed E-state index contributed by atoms with van der Waals surface area (Å²) in [5.41, 5.74) is 7.50. The topological polar surface area (TPSA) is 43.8 Å². The summed E-state index contributed by atoms with van der Waals surface area (Å²) in [5, 5.41) is 0. The van der Waals surface area contributed by atoms with Crippen molar-refractivity contribution in [2.75, 3.05) is 0 Å². The molecule has 0 amide bonds. The van der Waals surface area contributed by atoms with Crippen molar-refractivity contribution in [1.29, 1.82) is 0 Å². The van der Waals surface area contributed by atoms with Gasteiger partial charge in [-0.1, -0.05) is 23.8 Å². The molecule has 2 rings (SSSR count).